The molecule has 160 valence electrons. The van der Waals surface area contributed by atoms with Crippen LogP contribution in [0.25, 0.3) is 0 Å². The van der Waals surface area contributed by atoms with Gasteiger partial charge < -0.3 is 10.1 Å². The van der Waals surface area contributed by atoms with Gasteiger partial charge in [0.05, 0.1) is 18.0 Å². The number of para-hydroxylation sites is 2. The van der Waals surface area contributed by atoms with E-state index in [1.54, 1.807) is 48.5 Å². The lowest BCUT2D eigenvalue weighted by molar-refractivity contribution is -0.127. The van der Waals surface area contributed by atoms with Crippen molar-refractivity contribution in [3.05, 3.63) is 96.1 Å². The fourth-order valence-corrected chi connectivity index (χ4v) is 5.14. The highest BCUT2D eigenvalue weighted by Crippen LogP contribution is 2.35. The molecule has 0 aliphatic carbocycles. The second kappa shape index (κ2) is 9.22. The van der Waals surface area contributed by atoms with Crippen molar-refractivity contribution in [1.29, 1.82) is 0 Å². The quantitative estimate of drug-likeness (QED) is 0.617. The van der Waals surface area contributed by atoms with E-state index in [9.17, 15) is 13.2 Å². The lowest BCUT2D eigenvalue weighted by atomic mass is 10.1. The zero-order chi connectivity index (χ0) is 21.7. The molecule has 6 nitrogen and oxygen atoms in total. The van der Waals surface area contributed by atoms with Crippen LogP contribution in [0, 0.1) is 0 Å². The van der Waals surface area contributed by atoms with Gasteiger partial charge in [0, 0.05) is 6.54 Å². The molecular formula is C24H24N2O4S. The van der Waals surface area contributed by atoms with Gasteiger partial charge in [-0.1, -0.05) is 72.8 Å². The van der Waals surface area contributed by atoms with Crippen molar-refractivity contribution in [2.45, 2.75) is 18.3 Å². The molecule has 0 saturated carbocycles. The predicted molar refractivity (Wildman–Crippen MR) is 120 cm³/mol. The van der Waals surface area contributed by atoms with E-state index in [4.69, 9.17) is 4.74 Å². The summed E-state index contributed by atoms with van der Waals surface area (Å²) in [5.74, 6) is -0.0937. The minimum absolute atomic E-state index is 0.0661. The Morgan fingerprint density at radius 1 is 0.903 bits per heavy atom. The van der Waals surface area contributed by atoms with Crippen LogP contribution in [0.4, 0.5) is 5.69 Å². The molecule has 0 saturated heterocycles. The van der Waals surface area contributed by atoms with Crippen LogP contribution in [0.5, 0.6) is 5.75 Å². The molecule has 0 spiro atoms. The third-order valence-corrected chi connectivity index (χ3v) is 6.83. The molecule has 1 heterocycles. The molecule has 1 N–H and O–H groups in total. The SMILES string of the molecule is O=C(NCCc1ccccc1)C1CN(S(=O)(=O)Cc2ccccc2)c2ccccc2O1. The highest BCUT2D eigenvalue weighted by molar-refractivity contribution is 7.92. The normalized spacial score (nSPS) is 15.6. The Balaban J connectivity index is 1.49. The number of nitrogens with zero attached hydrogens (tertiary/aromatic N) is 1. The number of hydrogen-bond donors (Lipinski definition) is 1. The summed E-state index contributed by atoms with van der Waals surface area (Å²) >= 11 is 0. The van der Waals surface area contributed by atoms with Crippen molar-refractivity contribution >= 4 is 21.6 Å². The lowest BCUT2D eigenvalue weighted by Crippen LogP contribution is -2.51. The molecule has 3 aromatic rings. The lowest BCUT2D eigenvalue weighted by Gasteiger charge is -2.34. The fourth-order valence-electron chi connectivity index (χ4n) is 3.55. The van der Waals surface area contributed by atoms with E-state index in [-0.39, 0.29) is 18.2 Å². The van der Waals surface area contributed by atoms with Crippen LogP contribution in [-0.4, -0.2) is 33.5 Å². The summed E-state index contributed by atoms with van der Waals surface area (Å²) in [6.07, 6.45) is -0.234. The molecule has 1 aliphatic heterocycles. The van der Waals surface area contributed by atoms with Gasteiger partial charge in [0.15, 0.2) is 6.10 Å². The highest BCUT2D eigenvalue weighted by atomic mass is 32.2. The molecule has 1 unspecified atom stereocenters. The summed E-state index contributed by atoms with van der Waals surface area (Å²) in [5.41, 5.74) is 2.26. The minimum Gasteiger partial charge on any atom is -0.476 e. The van der Waals surface area contributed by atoms with Crippen LogP contribution in [0.3, 0.4) is 0 Å². The van der Waals surface area contributed by atoms with E-state index in [2.05, 4.69) is 5.32 Å². The number of hydrogen-bond acceptors (Lipinski definition) is 4. The van der Waals surface area contributed by atoms with E-state index >= 15 is 0 Å². The standard InChI is InChI=1S/C24H24N2O4S/c27-24(25-16-15-19-9-3-1-4-10-19)23-17-26(21-13-7-8-14-22(21)30-23)31(28,29)18-20-11-5-2-6-12-20/h1-14,23H,15-18H2,(H,25,27). The Morgan fingerprint density at radius 2 is 1.52 bits per heavy atom. The number of carbonyl (C=O) groups is 1. The van der Waals surface area contributed by atoms with Crippen LogP contribution in [0.2, 0.25) is 0 Å². The topological polar surface area (TPSA) is 75.7 Å². The van der Waals surface area contributed by atoms with E-state index < -0.39 is 16.1 Å². The number of benzene rings is 3. The summed E-state index contributed by atoms with van der Waals surface area (Å²) in [4.78, 5) is 12.8. The van der Waals surface area contributed by atoms with Crippen molar-refractivity contribution in [3.63, 3.8) is 0 Å². The first-order chi connectivity index (χ1) is 15.0. The molecule has 0 bridgehead atoms. The zero-order valence-corrected chi connectivity index (χ0v) is 17.8. The van der Waals surface area contributed by atoms with Gasteiger partial charge in [-0.3, -0.25) is 9.10 Å². The molecule has 0 aromatic heterocycles. The Labute approximate surface area is 182 Å². The third kappa shape index (κ3) is 5.06. The van der Waals surface area contributed by atoms with Gasteiger partial charge in [-0.15, -0.1) is 0 Å². The van der Waals surface area contributed by atoms with Gasteiger partial charge in [0.2, 0.25) is 10.0 Å². The minimum atomic E-state index is -3.71. The average molecular weight is 437 g/mol. The van der Waals surface area contributed by atoms with Crippen molar-refractivity contribution in [2.24, 2.45) is 0 Å². The first-order valence-corrected chi connectivity index (χ1v) is 11.8. The smallest absolute Gasteiger partial charge is 0.263 e. The van der Waals surface area contributed by atoms with Crippen molar-refractivity contribution < 1.29 is 17.9 Å². The van der Waals surface area contributed by atoms with E-state index in [1.165, 1.54) is 4.31 Å². The number of amides is 1. The maximum Gasteiger partial charge on any atom is 0.263 e. The van der Waals surface area contributed by atoms with Crippen LogP contribution >= 0.6 is 0 Å². The summed E-state index contributed by atoms with van der Waals surface area (Å²) in [6, 6.07) is 25.7. The zero-order valence-electron chi connectivity index (χ0n) is 17.0. The number of fused-ring (bicyclic) bond motifs is 1. The second-order valence-electron chi connectivity index (χ2n) is 7.37. The van der Waals surface area contributed by atoms with E-state index in [1.807, 2.05) is 36.4 Å². The van der Waals surface area contributed by atoms with Crippen LogP contribution in [0.15, 0.2) is 84.9 Å². The number of sulfonamides is 1. The molecule has 0 radical (unpaired) electrons. The van der Waals surface area contributed by atoms with E-state index in [0.29, 0.717) is 30.0 Å². The summed E-state index contributed by atoms with van der Waals surface area (Å²) in [6.45, 7) is 0.379. The Kier molecular flexibility index (Phi) is 6.23. The van der Waals surface area contributed by atoms with Crippen LogP contribution < -0.4 is 14.4 Å². The Morgan fingerprint density at radius 3 is 2.23 bits per heavy atom. The summed E-state index contributed by atoms with van der Waals surface area (Å²) in [7, 11) is -3.71. The number of rotatable bonds is 7. The average Bonchev–Trinajstić information content (AvgIpc) is 2.79. The Hall–Kier alpha value is -3.32. The molecule has 0 fully saturated rings. The first-order valence-electron chi connectivity index (χ1n) is 10.1. The first kappa shape index (κ1) is 20.9. The number of carbonyl (C=O) groups excluding carboxylic acids is 1. The van der Waals surface area contributed by atoms with Gasteiger partial charge in [0.25, 0.3) is 5.91 Å². The van der Waals surface area contributed by atoms with Crippen molar-refractivity contribution in [2.75, 3.05) is 17.4 Å². The molecule has 1 aliphatic rings. The monoisotopic (exact) mass is 436 g/mol. The molecular weight excluding hydrogens is 412 g/mol. The summed E-state index contributed by atoms with van der Waals surface area (Å²) in [5, 5.41) is 2.87. The van der Waals surface area contributed by atoms with Crippen molar-refractivity contribution in [3.8, 4) is 5.75 Å². The second-order valence-corrected chi connectivity index (χ2v) is 9.27. The largest absolute Gasteiger partial charge is 0.476 e. The van der Waals surface area contributed by atoms with Crippen molar-refractivity contribution in [1.82, 2.24) is 5.32 Å². The Bertz CT molecular complexity index is 1130. The van der Waals surface area contributed by atoms with Gasteiger partial charge in [-0.2, -0.15) is 0 Å². The highest BCUT2D eigenvalue weighted by Gasteiger charge is 2.36. The van der Waals surface area contributed by atoms with Gasteiger partial charge in [-0.25, -0.2) is 8.42 Å². The van der Waals surface area contributed by atoms with E-state index in [0.717, 1.165) is 5.56 Å². The molecule has 1 atom stereocenters. The fraction of sp³-hybridized carbons (Fsp3) is 0.208. The molecule has 31 heavy (non-hydrogen) atoms. The number of nitrogens with one attached hydrogen (secondary N) is 1. The van der Waals surface area contributed by atoms with Gasteiger partial charge >= 0.3 is 0 Å². The van der Waals surface area contributed by atoms with Gasteiger partial charge in [0.1, 0.15) is 5.75 Å². The number of anilines is 1. The summed E-state index contributed by atoms with van der Waals surface area (Å²) < 4.78 is 33.6. The van der Waals surface area contributed by atoms with Crippen LogP contribution in [0.1, 0.15) is 11.1 Å². The molecule has 4 rings (SSSR count). The number of ether oxygens (including phenoxy) is 1. The molecule has 1 amide bonds. The maximum atomic E-state index is 13.2. The molecule has 3 aromatic carbocycles. The predicted octanol–water partition coefficient (Wildman–Crippen LogP) is 3.14. The van der Waals surface area contributed by atoms with Gasteiger partial charge in [-0.05, 0) is 29.7 Å². The van der Waals surface area contributed by atoms with Crippen LogP contribution in [-0.2, 0) is 27.0 Å². The molecule has 7 heteroatoms. The third-order valence-electron chi connectivity index (χ3n) is 5.11. The maximum absolute atomic E-state index is 13.2.